The third-order valence-corrected chi connectivity index (χ3v) is 10.9. The van der Waals surface area contributed by atoms with Crippen molar-refractivity contribution in [3.63, 3.8) is 0 Å². The number of amides is 1. The molecule has 0 saturated carbocycles. The summed E-state index contributed by atoms with van der Waals surface area (Å²) in [5, 5.41) is 2.74. The Labute approximate surface area is 332 Å². The summed E-state index contributed by atoms with van der Waals surface area (Å²) in [5.74, 6) is -0.222. The van der Waals surface area contributed by atoms with Crippen LogP contribution in [0.4, 0.5) is 4.79 Å². The second kappa shape index (κ2) is 21.1. The Morgan fingerprint density at radius 2 is 0.772 bits per heavy atom. The number of nitrogens with one attached hydrogen (secondary N) is 1. The highest BCUT2D eigenvalue weighted by molar-refractivity contribution is 7.49. The Morgan fingerprint density at radius 3 is 1.16 bits per heavy atom. The summed E-state index contributed by atoms with van der Waals surface area (Å²) in [6.45, 7) is -0.0684. The van der Waals surface area contributed by atoms with E-state index in [9.17, 15) is 13.9 Å². The van der Waals surface area contributed by atoms with Crippen LogP contribution >= 0.6 is 15.6 Å². The number of phosphoric ester groups is 2. The smallest absolute Gasteiger partial charge is 0.445 e. The molecule has 0 bridgehead atoms. The van der Waals surface area contributed by atoms with Crippen molar-refractivity contribution in [3.05, 3.63) is 203 Å². The van der Waals surface area contributed by atoms with Gasteiger partial charge in [-0.25, -0.2) is 13.9 Å². The Balaban J connectivity index is 1.26. The summed E-state index contributed by atoms with van der Waals surface area (Å²) in [6, 6.07) is 50.7. The van der Waals surface area contributed by atoms with Crippen LogP contribution in [0.5, 0.6) is 11.5 Å². The summed E-state index contributed by atoms with van der Waals surface area (Å²) < 4.78 is 70.1. The molecule has 0 atom stereocenters. The van der Waals surface area contributed by atoms with Gasteiger partial charge in [-0.15, -0.1) is 0 Å². The second-order valence-electron chi connectivity index (χ2n) is 12.6. The highest BCUT2D eigenvalue weighted by atomic mass is 31.2. The molecular weight excluding hydrogens is 764 g/mol. The molecule has 1 N–H and O–H groups in total. The number of ether oxygens (including phenoxy) is 1. The molecular formula is C44H43NO10P2. The lowest BCUT2D eigenvalue weighted by molar-refractivity contribution is 0.134. The fourth-order valence-electron chi connectivity index (χ4n) is 5.27. The summed E-state index contributed by atoms with van der Waals surface area (Å²) in [4.78, 5) is 12.5. The number of phosphoric acid groups is 2. The molecule has 0 heterocycles. The third kappa shape index (κ3) is 13.9. The zero-order valence-corrected chi connectivity index (χ0v) is 32.9. The van der Waals surface area contributed by atoms with E-state index in [-0.39, 0.29) is 51.1 Å². The molecule has 294 valence electrons. The van der Waals surface area contributed by atoms with Crippen molar-refractivity contribution in [2.75, 3.05) is 6.54 Å². The van der Waals surface area contributed by atoms with Crippen molar-refractivity contribution in [1.29, 1.82) is 0 Å². The Bertz CT molecular complexity index is 2120. The van der Waals surface area contributed by atoms with Gasteiger partial charge in [-0.05, 0) is 51.9 Å². The first kappa shape index (κ1) is 41.1. The van der Waals surface area contributed by atoms with Crippen LogP contribution in [0.1, 0.15) is 33.4 Å². The molecule has 0 radical (unpaired) electrons. The summed E-state index contributed by atoms with van der Waals surface area (Å²) in [7, 11) is -8.83. The molecule has 0 unspecified atom stereocenters. The summed E-state index contributed by atoms with van der Waals surface area (Å²) >= 11 is 0. The molecule has 6 rings (SSSR count). The highest BCUT2D eigenvalue weighted by Gasteiger charge is 2.35. The maximum Gasteiger partial charge on any atom is 0.530 e. The molecule has 0 fully saturated rings. The van der Waals surface area contributed by atoms with Crippen LogP contribution in [0.3, 0.4) is 0 Å². The van der Waals surface area contributed by atoms with E-state index in [4.69, 9.17) is 31.9 Å². The third-order valence-electron chi connectivity index (χ3n) is 8.25. The van der Waals surface area contributed by atoms with Gasteiger partial charge >= 0.3 is 21.7 Å². The van der Waals surface area contributed by atoms with Crippen LogP contribution in [0.15, 0.2) is 170 Å². The first-order valence-corrected chi connectivity index (χ1v) is 21.2. The molecule has 6 aromatic carbocycles. The predicted molar refractivity (Wildman–Crippen MR) is 216 cm³/mol. The predicted octanol–water partition coefficient (Wildman–Crippen LogP) is 11.0. The van der Waals surface area contributed by atoms with Gasteiger partial charge in [-0.3, -0.25) is 18.1 Å². The molecule has 0 aromatic heterocycles. The summed E-state index contributed by atoms with van der Waals surface area (Å²) in [6.07, 6.45) is -0.278. The van der Waals surface area contributed by atoms with Gasteiger partial charge in [0.25, 0.3) is 0 Å². The van der Waals surface area contributed by atoms with E-state index in [1.165, 1.54) is 6.07 Å². The number of alkyl carbamates (subject to hydrolysis) is 1. The van der Waals surface area contributed by atoms with Crippen molar-refractivity contribution in [3.8, 4) is 11.5 Å². The molecule has 11 nitrogen and oxygen atoms in total. The molecule has 0 aliphatic heterocycles. The van der Waals surface area contributed by atoms with E-state index in [0.29, 0.717) is 12.0 Å². The molecule has 6 aromatic rings. The molecule has 13 heteroatoms. The Morgan fingerprint density at radius 1 is 0.421 bits per heavy atom. The first-order valence-electron chi connectivity index (χ1n) is 18.2. The van der Waals surface area contributed by atoms with E-state index in [2.05, 4.69) is 5.32 Å². The zero-order chi connectivity index (χ0) is 39.6. The fraction of sp³-hybridized carbons (Fsp3) is 0.159. The number of carbonyl (C=O) groups excluding carboxylic acids is 1. The van der Waals surface area contributed by atoms with E-state index in [1.807, 2.05) is 152 Å². The molecule has 0 aliphatic carbocycles. The molecule has 57 heavy (non-hydrogen) atoms. The van der Waals surface area contributed by atoms with Crippen LogP contribution in [0.25, 0.3) is 0 Å². The topological polar surface area (TPSA) is 128 Å². The minimum atomic E-state index is -4.43. The number of rotatable bonds is 21. The summed E-state index contributed by atoms with van der Waals surface area (Å²) in [5.41, 5.74) is 4.43. The lowest BCUT2D eigenvalue weighted by Crippen LogP contribution is -2.26. The zero-order valence-electron chi connectivity index (χ0n) is 31.1. The second-order valence-corrected chi connectivity index (χ2v) is 15.8. The van der Waals surface area contributed by atoms with Crippen LogP contribution in [-0.2, 0) is 71.4 Å². The van der Waals surface area contributed by atoms with Crippen LogP contribution < -0.4 is 14.4 Å². The number of benzene rings is 6. The van der Waals surface area contributed by atoms with Crippen LogP contribution in [0, 0.1) is 0 Å². The Hall–Kier alpha value is -5.51. The monoisotopic (exact) mass is 807 g/mol. The number of hydrogen-bond acceptors (Lipinski definition) is 10. The van der Waals surface area contributed by atoms with E-state index < -0.39 is 21.7 Å². The van der Waals surface area contributed by atoms with Gasteiger partial charge in [0.15, 0.2) is 11.5 Å². The van der Waals surface area contributed by atoms with Gasteiger partial charge < -0.3 is 19.1 Å². The van der Waals surface area contributed by atoms with Gasteiger partial charge in [-0.1, -0.05) is 158 Å². The lowest BCUT2D eigenvalue weighted by atomic mass is 10.1. The van der Waals surface area contributed by atoms with Crippen molar-refractivity contribution in [2.45, 2.75) is 39.5 Å². The van der Waals surface area contributed by atoms with E-state index in [0.717, 1.165) is 27.8 Å². The molecule has 0 spiro atoms. The lowest BCUT2D eigenvalue weighted by Gasteiger charge is -2.23. The molecule has 1 amide bonds. The SMILES string of the molecule is O=C(NCCc1ccc(OP(=O)(OCc2ccccc2)OCc2ccccc2)c(OP(=O)(OCc2ccccc2)OCc2ccccc2)c1)OCc1ccccc1. The van der Waals surface area contributed by atoms with Gasteiger partial charge in [0.1, 0.15) is 6.61 Å². The van der Waals surface area contributed by atoms with Gasteiger partial charge in [-0.2, -0.15) is 0 Å². The normalized spacial score (nSPS) is 11.4. The van der Waals surface area contributed by atoms with Crippen molar-refractivity contribution in [2.24, 2.45) is 0 Å². The average molecular weight is 808 g/mol. The van der Waals surface area contributed by atoms with Crippen molar-refractivity contribution in [1.82, 2.24) is 5.32 Å². The number of carbonyl (C=O) groups is 1. The quantitative estimate of drug-likeness (QED) is 0.0702. The largest absolute Gasteiger partial charge is 0.530 e. The maximum absolute atomic E-state index is 14.5. The van der Waals surface area contributed by atoms with Gasteiger partial charge in [0.2, 0.25) is 0 Å². The van der Waals surface area contributed by atoms with Crippen molar-refractivity contribution >= 4 is 21.7 Å². The molecule has 0 aliphatic rings. The first-order chi connectivity index (χ1) is 27.8. The standard InChI is InChI=1S/C44H43NO10P2/c46-44(49-31-37-16-6-1-7-17-37)45-29-28-36-26-27-42(54-56(47,50-32-38-18-8-2-9-19-38)51-33-39-20-10-3-11-21-39)43(30-36)55-57(48,52-34-40-22-12-4-13-23-40)53-35-41-24-14-5-15-25-41/h1-27,30H,28-29,31-35H2,(H,45,46). The van der Waals surface area contributed by atoms with Gasteiger partial charge in [0.05, 0.1) is 26.4 Å². The van der Waals surface area contributed by atoms with E-state index >= 15 is 0 Å². The van der Waals surface area contributed by atoms with Crippen LogP contribution in [-0.4, -0.2) is 12.6 Å². The maximum atomic E-state index is 14.5. The minimum Gasteiger partial charge on any atom is -0.445 e. The average Bonchev–Trinajstić information content (AvgIpc) is 3.26. The van der Waals surface area contributed by atoms with Crippen LogP contribution in [0.2, 0.25) is 0 Å². The van der Waals surface area contributed by atoms with E-state index in [1.54, 1.807) is 12.1 Å². The number of hydrogen-bond donors (Lipinski definition) is 1. The fourth-order valence-corrected chi connectivity index (χ4v) is 7.63. The van der Waals surface area contributed by atoms with Crippen molar-refractivity contribution < 1.29 is 45.8 Å². The highest BCUT2D eigenvalue weighted by Crippen LogP contribution is 2.57. The van der Waals surface area contributed by atoms with Gasteiger partial charge in [0, 0.05) is 6.54 Å². The molecule has 0 saturated heterocycles. The Kier molecular flexibility index (Phi) is 15.3. The minimum absolute atomic E-state index is 0.0912.